The minimum Gasteiger partial charge on any atom is -0.361 e. The van der Waals surface area contributed by atoms with Gasteiger partial charge in [0.15, 0.2) is 5.82 Å². The lowest BCUT2D eigenvalue weighted by Crippen LogP contribution is -2.46. The molecule has 0 N–H and O–H groups in total. The van der Waals surface area contributed by atoms with E-state index in [1.807, 2.05) is 13.0 Å². The maximum atomic E-state index is 5.43. The van der Waals surface area contributed by atoms with Crippen LogP contribution in [0, 0.1) is 6.92 Å². The Morgan fingerprint density at radius 2 is 1.83 bits per heavy atom. The van der Waals surface area contributed by atoms with Crippen molar-refractivity contribution < 1.29 is 9.05 Å². The summed E-state index contributed by atoms with van der Waals surface area (Å²) in [5, 5.41) is 8.13. The van der Waals surface area contributed by atoms with Crippen LogP contribution in [0.4, 0.5) is 0 Å². The molecule has 0 aromatic carbocycles. The van der Waals surface area contributed by atoms with Gasteiger partial charge in [0.05, 0.1) is 11.7 Å². The van der Waals surface area contributed by atoms with Crippen molar-refractivity contribution >= 4 is 0 Å². The molecule has 1 atom stereocenters. The standard InChI is InChI=1S/C16H25N5O2/c1-11(2)15-17-16(23-19-15)13(4)21-7-5-20(6-8-21)10-14-9-12(3)22-18-14/h9,11,13H,5-8,10H2,1-4H3. The van der Waals surface area contributed by atoms with Crippen LogP contribution in [0.5, 0.6) is 0 Å². The molecule has 1 aliphatic heterocycles. The minimum atomic E-state index is 0.159. The second-order valence-corrected chi connectivity index (χ2v) is 6.56. The Morgan fingerprint density at radius 3 is 2.39 bits per heavy atom. The van der Waals surface area contributed by atoms with Crippen molar-refractivity contribution in [3.8, 4) is 0 Å². The molecule has 2 aromatic heterocycles. The van der Waals surface area contributed by atoms with Gasteiger partial charge in [-0.1, -0.05) is 24.2 Å². The van der Waals surface area contributed by atoms with Crippen LogP contribution in [0.15, 0.2) is 15.1 Å². The molecule has 0 radical (unpaired) electrons. The highest BCUT2D eigenvalue weighted by atomic mass is 16.5. The third-order valence-electron chi connectivity index (χ3n) is 4.35. The van der Waals surface area contributed by atoms with E-state index in [1.54, 1.807) is 0 Å². The third kappa shape index (κ3) is 3.79. The van der Waals surface area contributed by atoms with Crippen molar-refractivity contribution in [1.29, 1.82) is 0 Å². The maximum absolute atomic E-state index is 5.43. The molecule has 3 heterocycles. The van der Waals surface area contributed by atoms with Crippen LogP contribution in [-0.2, 0) is 6.54 Å². The maximum Gasteiger partial charge on any atom is 0.243 e. The second kappa shape index (κ2) is 6.80. The highest BCUT2D eigenvalue weighted by Gasteiger charge is 2.26. The van der Waals surface area contributed by atoms with Crippen molar-refractivity contribution in [2.75, 3.05) is 26.2 Å². The summed E-state index contributed by atoms with van der Waals surface area (Å²) in [6.07, 6.45) is 0. The first-order chi connectivity index (χ1) is 11.0. The fourth-order valence-corrected chi connectivity index (χ4v) is 2.84. The molecule has 0 bridgehead atoms. The Labute approximate surface area is 136 Å². The van der Waals surface area contributed by atoms with Gasteiger partial charge in [-0.05, 0) is 13.8 Å². The van der Waals surface area contributed by atoms with Gasteiger partial charge >= 0.3 is 0 Å². The van der Waals surface area contributed by atoms with Gasteiger partial charge < -0.3 is 9.05 Å². The van der Waals surface area contributed by atoms with Gasteiger partial charge in [0.1, 0.15) is 5.76 Å². The van der Waals surface area contributed by atoms with Crippen LogP contribution in [0.3, 0.4) is 0 Å². The Balaban J connectivity index is 1.53. The average molecular weight is 319 g/mol. The first-order valence-corrected chi connectivity index (χ1v) is 8.25. The molecule has 0 saturated carbocycles. The van der Waals surface area contributed by atoms with E-state index >= 15 is 0 Å². The quantitative estimate of drug-likeness (QED) is 0.837. The molecule has 7 heteroatoms. The number of nitrogens with zero attached hydrogens (tertiary/aromatic N) is 5. The van der Waals surface area contributed by atoms with E-state index in [2.05, 4.69) is 45.9 Å². The first kappa shape index (κ1) is 16.1. The van der Waals surface area contributed by atoms with Crippen LogP contribution < -0.4 is 0 Å². The van der Waals surface area contributed by atoms with E-state index in [0.29, 0.717) is 11.8 Å². The lowest BCUT2D eigenvalue weighted by Gasteiger charge is -2.36. The van der Waals surface area contributed by atoms with Crippen molar-refractivity contribution in [1.82, 2.24) is 25.1 Å². The molecule has 1 unspecified atom stereocenters. The molecule has 0 spiro atoms. The molecule has 0 aliphatic carbocycles. The first-order valence-electron chi connectivity index (χ1n) is 8.25. The fourth-order valence-electron chi connectivity index (χ4n) is 2.84. The number of rotatable bonds is 5. The SMILES string of the molecule is Cc1cc(CN2CCN(C(C)c3nc(C(C)C)no3)CC2)no1. The predicted molar refractivity (Wildman–Crippen MR) is 84.9 cm³/mol. The van der Waals surface area contributed by atoms with Gasteiger partial charge in [-0.3, -0.25) is 9.80 Å². The Hall–Kier alpha value is -1.73. The summed E-state index contributed by atoms with van der Waals surface area (Å²) in [6, 6.07) is 2.16. The van der Waals surface area contributed by atoms with E-state index in [4.69, 9.17) is 9.05 Å². The number of aryl methyl sites for hydroxylation is 1. The van der Waals surface area contributed by atoms with Gasteiger partial charge in [-0.15, -0.1) is 0 Å². The molecule has 7 nitrogen and oxygen atoms in total. The summed E-state index contributed by atoms with van der Waals surface area (Å²) in [5.41, 5.74) is 1.00. The summed E-state index contributed by atoms with van der Waals surface area (Å²) in [6.45, 7) is 13.0. The zero-order valence-electron chi connectivity index (χ0n) is 14.3. The predicted octanol–water partition coefficient (Wildman–Crippen LogP) is 2.37. The summed E-state index contributed by atoms with van der Waals surface area (Å²) < 4.78 is 10.6. The lowest BCUT2D eigenvalue weighted by atomic mass is 10.2. The molecule has 1 fully saturated rings. The number of aromatic nitrogens is 3. The molecule has 23 heavy (non-hydrogen) atoms. The zero-order chi connectivity index (χ0) is 16.4. The summed E-state index contributed by atoms with van der Waals surface area (Å²) in [7, 11) is 0. The fraction of sp³-hybridized carbons (Fsp3) is 0.688. The monoisotopic (exact) mass is 319 g/mol. The van der Waals surface area contributed by atoms with Gasteiger partial charge in [0, 0.05) is 44.7 Å². The van der Waals surface area contributed by atoms with Gasteiger partial charge in [-0.25, -0.2) is 0 Å². The van der Waals surface area contributed by atoms with E-state index in [0.717, 1.165) is 50.0 Å². The Kier molecular flexibility index (Phi) is 4.77. The van der Waals surface area contributed by atoms with Crippen LogP contribution in [0.1, 0.15) is 55.9 Å². The van der Waals surface area contributed by atoms with Crippen molar-refractivity contribution in [3.05, 3.63) is 29.2 Å². The summed E-state index contributed by atoms with van der Waals surface area (Å²) >= 11 is 0. The molecule has 1 aliphatic rings. The van der Waals surface area contributed by atoms with Crippen LogP contribution in [0.25, 0.3) is 0 Å². The minimum absolute atomic E-state index is 0.159. The molecule has 1 saturated heterocycles. The summed E-state index contributed by atoms with van der Waals surface area (Å²) in [4.78, 5) is 9.31. The van der Waals surface area contributed by atoms with E-state index < -0.39 is 0 Å². The van der Waals surface area contributed by atoms with Crippen molar-refractivity contribution in [3.63, 3.8) is 0 Å². The number of hydrogen-bond donors (Lipinski definition) is 0. The lowest BCUT2D eigenvalue weighted by molar-refractivity contribution is 0.0833. The van der Waals surface area contributed by atoms with Crippen LogP contribution >= 0.6 is 0 Å². The van der Waals surface area contributed by atoms with E-state index in [9.17, 15) is 0 Å². The van der Waals surface area contributed by atoms with Crippen LogP contribution in [0.2, 0.25) is 0 Å². The highest BCUT2D eigenvalue weighted by Crippen LogP contribution is 2.22. The smallest absolute Gasteiger partial charge is 0.243 e. The van der Waals surface area contributed by atoms with Crippen molar-refractivity contribution in [2.24, 2.45) is 0 Å². The number of piperazine rings is 1. The van der Waals surface area contributed by atoms with Crippen LogP contribution in [-0.4, -0.2) is 51.3 Å². The van der Waals surface area contributed by atoms with E-state index in [-0.39, 0.29) is 6.04 Å². The highest BCUT2D eigenvalue weighted by molar-refractivity contribution is 5.03. The van der Waals surface area contributed by atoms with Gasteiger partial charge in [-0.2, -0.15) is 4.98 Å². The largest absolute Gasteiger partial charge is 0.361 e. The van der Waals surface area contributed by atoms with E-state index in [1.165, 1.54) is 0 Å². The zero-order valence-corrected chi connectivity index (χ0v) is 14.3. The normalized spacial score (nSPS) is 18.7. The van der Waals surface area contributed by atoms with Gasteiger partial charge in [0.25, 0.3) is 0 Å². The molecule has 126 valence electrons. The molecule has 3 rings (SSSR count). The van der Waals surface area contributed by atoms with Crippen molar-refractivity contribution in [2.45, 2.75) is 46.2 Å². The average Bonchev–Trinajstić information content (AvgIpc) is 3.17. The molecule has 0 amide bonds. The Bertz CT molecular complexity index is 628. The summed E-state index contributed by atoms with van der Waals surface area (Å²) in [5.74, 6) is 2.66. The third-order valence-corrected chi connectivity index (χ3v) is 4.35. The van der Waals surface area contributed by atoms with Gasteiger partial charge in [0.2, 0.25) is 5.89 Å². The topological polar surface area (TPSA) is 71.4 Å². The molecular weight excluding hydrogens is 294 g/mol. The second-order valence-electron chi connectivity index (χ2n) is 6.56. The number of hydrogen-bond acceptors (Lipinski definition) is 7. The molecule has 2 aromatic rings. The Morgan fingerprint density at radius 1 is 1.09 bits per heavy atom. The molecular formula is C16H25N5O2.